The Labute approximate surface area is 124 Å². The average molecular weight is 282 g/mol. The van der Waals surface area contributed by atoms with Crippen LogP contribution in [0.4, 0.5) is 5.69 Å². The lowest BCUT2D eigenvalue weighted by atomic mass is 9.88. The van der Waals surface area contributed by atoms with Gasteiger partial charge in [-0.1, -0.05) is 18.2 Å². The third kappa shape index (κ3) is 2.12. The average Bonchev–Trinajstić information content (AvgIpc) is 2.68. The van der Waals surface area contributed by atoms with E-state index in [1.807, 2.05) is 50.2 Å². The second-order valence-electron chi connectivity index (χ2n) is 5.41. The summed E-state index contributed by atoms with van der Waals surface area (Å²) in [4.78, 5) is 18.5. The number of carbonyl (C=O) groups excluding carboxylic acids is 1. The van der Waals surface area contributed by atoms with Crippen molar-refractivity contribution in [2.75, 3.05) is 11.4 Å². The Hall–Kier alpha value is -2.20. The van der Waals surface area contributed by atoms with Crippen LogP contribution >= 0.6 is 0 Å². The van der Waals surface area contributed by atoms with Crippen LogP contribution in [0, 0.1) is 6.92 Å². The van der Waals surface area contributed by atoms with E-state index in [0.29, 0.717) is 12.1 Å². The van der Waals surface area contributed by atoms with Gasteiger partial charge in [-0.2, -0.15) is 0 Å². The first kappa shape index (κ1) is 13.8. The number of aromatic nitrogens is 1. The monoisotopic (exact) mass is 282 g/mol. The Bertz CT molecular complexity index is 699. The fourth-order valence-corrected chi connectivity index (χ4v) is 3.00. The number of carbonyl (C=O) groups is 1. The highest BCUT2D eigenvalue weighted by Crippen LogP contribution is 2.41. The number of fused-ring (bicyclic) bond motifs is 1. The second-order valence-corrected chi connectivity index (χ2v) is 5.41. The Balaban J connectivity index is 2.06. The molecule has 1 aromatic heterocycles. The largest absolute Gasteiger partial charge is 0.375 e. The normalized spacial score (nSPS) is 20.7. The van der Waals surface area contributed by atoms with Crippen molar-refractivity contribution in [3.63, 3.8) is 0 Å². The summed E-state index contributed by atoms with van der Waals surface area (Å²) in [7, 11) is 0. The van der Waals surface area contributed by atoms with E-state index in [4.69, 9.17) is 0 Å². The molecule has 1 aromatic carbocycles. The molecule has 0 fully saturated rings. The molecule has 0 spiro atoms. The van der Waals surface area contributed by atoms with Crippen LogP contribution in [0.3, 0.4) is 0 Å². The maximum atomic E-state index is 12.7. The molecule has 21 heavy (non-hydrogen) atoms. The molecule has 108 valence electrons. The maximum absolute atomic E-state index is 12.7. The molecule has 2 aromatic rings. The third-order valence-electron chi connectivity index (χ3n) is 3.98. The SMILES string of the molecule is CCN1C(=O)[C@](O)(Cc2ccnc(C)c2)c2ccccc21. The lowest BCUT2D eigenvalue weighted by Crippen LogP contribution is -2.41. The fourth-order valence-electron chi connectivity index (χ4n) is 3.00. The number of aliphatic hydroxyl groups is 1. The van der Waals surface area contributed by atoms with E-state index in [-0.39, 0.29) is 12.3 Å². The van der Waals surface area contributed by atoms with Crippen LogP contribution in [0.25, 0.3) is 0 Å². The number of hydrogen-bond donors (Lipinski definition) is 1. The van der Waals surface area contributed by atoms with Gasteiger partial charge in [0.25, 0.3) is 5.91 Å². The Morgan fingerprint density at radius 1 is 1.29 bits per heavy atom. The lowest BCUT2D eigenvalue weighted by Gasteiger charge is -2.23. The van der Waals surface area contributed by atoms with Crippen molar-refractivity contribution in [3.05, 3.63) is 59.4 Å². The van der Waals surface area contributed by atoms with Crippen LogP contribution in [-0.2, 0) is 16.8 Å². The van der Waals surface area contributed by atoms with Gasteiger partial charge >= 0.3 is 0 Å². The first-order chi connectivity index (χ1) is 10.1. The number of rotatable bonds is 3. The molecule has 1 atom stereocenters. The molecule has 0 saturated heterocycles. The van der Waals surface area contributed by atoms with E-state index in [9.17, 15) is 9.90 Å². The number of hydrogen-bond acceptors (Lipinski definition) is 3. The molecular weight excluding hydrogens is 264 g/mol. The summed E-state index contributed by atoms with van der Waals surface area (Å²) in [5.41, 5.74) is 1.79. The highest BCUT2D eigenvalue weighted by Gasteiger charge is 2.48. The zero-order valence-electron chi connectivity index (χ0n) is 12.2. The number of nitrogens with zero attached hydrogens (tertiary/aromatic N) is 2. The van der Waals surface area contributed by atoms with E-state index >= 15 is 0 Å². The van der Waals surface area contributed by atoms with Gasteiger partial charge in [-0.15, -0.1) is 0 Å². The number of likely N-dealkylation sites (N-methyl/N-ethyl adjacent to an activating group) is 1. The topological polar surface area (TPSA) is 53.4 Å². The van der Waals surface area contributed by atoms with Crippen LogP contribution in [0.1, 0.15) is 23.7 Å². The minimum atomic E-state index is -1.49. The van der Waals surface area contributed by atoms with Crippen molar-refractivity contribution in [1.82, 2.24) is 4.98 Å². The minimum Gasteiger partial charge on any atom is -0.375 e. The number of aryl methyl sites for hydroxylation is 1. The molecule has 0 aliphatic carbocycles. The molecule has 1 aliphatic heterocycles. The van der Waals surface area contributed by atoms with E-state index < -0.39 is 5.60 Å². The summed E-state index contributed by atoms with van der Waals surface area (Å²) >= 11 is 0. The van der Waals surface area contributed by atoms with Crippen LogP contribution in [0.15, 0.2) is 42.6 Å². The number of benzene rings is 1. The van der Waals surface area contributed by atoms with Gasteiger partial charge in [-0.25, -0.2) is 0 Å². The van der Waals surface area contributed by atoms with Crippen molar-refractivity contribution in [1.29, 1.82) is 0 Å². The molecule has 3 rings (SSSR count). The Kier molecular flexibility index (Phi) is 3.26. The summed E-state index contributed by atoms with van der Waals surface area (Å²) in [6, 6.07) is 11.2. The predicted molar refractivity (Wildman–Crippen MR) is 81.0 cm³/mol. The van der Waals surface area contributed by atoms with Gasteiger partial charge < -0.3 is 10.0 Å². The zero-order chi connectivity index (χ0) is 15.0. The molecule has 0 radical (unpaired) electrons. The van der Waals surface area contributed by atoms with E-state index in [0.717, 1.165) is 16.9 Å². The number of amides is 1. The van der Waals surface area contributed by atoms with Gasteiger partial charge in [-0.05, 0) is 37.6 Å². The van der Waals surface area contributed by atoms with Crippen LogP contribution < -0.4 is 4.90 Å². The van der Waals surface area contributed by atoms with Gasteiger partial charge in [0.1, 0.15) is 0 Å². The van der Waals surface area contributed by atoms with Gasteiger partial charge in [0.15, 0.2) is 5.60 Å². The number of pyridine rings is 1. The van der Waals surface area contributed by atoms with Crippen LogP contribution in [0.2, 0.25) is 0 Å². The summed E-state index contributed by atoms with van der Waals surface area (Å²) in [5.74, 6) is -0.249. The van der Waals surface area contributed by atoms with Gasteiger partial charge in [0.05, 0.1) is 5.69 Å². The smallest absolute Gasteiger partial charge is 0.264 e. The standard InChI is InChI=1S/C17H18N2O2/c1-3-19-15-7-5-4-6-14(15)17(21,16(19)20)11-13-8-9-18-12(2)10-13/h4-10,21H,3,11H2,1-2H3/t17-/m0/s1. The lowest BCUT2D eigenvalue weighted by molar-refractivity contribution is -0.136. The molecule has 0 bridgehead atoms. The molecule has 0 unspecified atom stereocenters. The first-order valence-electron chi connectivity index (χ1n) is 7.11. The molecule has 4 nitrogen and oxygen atoms in total. The highest BCUT2D eigenvalue weighted by molar-refractivity contribution is 6.07. The molecular formula is C17H18N2O2. The number of para-hydroxylation sites is 1. The third-order valence-corrected chi connectivity index (χ3v) is 3.98. The van der Waals surface area contributed by atoms with Crippen molar-refractivity contribution >= 4 is 11.6 Å². The van der Waals surface area contributed by atoms with Gasteiger partial charge in [0.2, 0.25) is 0 Å². The Morgan fingerprint density at radius 2 is 2.05 bits per heavy atom. The second kappa shape index (κ2) is 4.97. The highest BCUT2D eigenvalue weighted by atomic mass is 16.3. The molecule has 1 N–H and O–H groups in total. The van der Waals surface area contributed by atoms with Crippen LogP contribution in [0.5, 0.6) is 0 Å². The first-order valence-corrected chi connectivity index (χ1v) is 7.11. The molecule has 2 heterocycles. The summed E-state index contributed by atoms with van der Waals surface area (Å²) in [5, 5.41) is 11.0. The molecule has 1 amide bonds. The van der Waals surface area contributed by atoms with Gasteiger partial charge in [0, 0.05) is 30.4 Å². The fraction of sp³-hybridized carbons (Fsp3) is 0.294. The van der Waals surface area contributed by atoms with E-state index in [1.165, 1.54) is 0 Å². The van der Waals surface area contributed by atoms with Crippen molar-refractivity contribution in [3.8, 4) is 0 Å². The summed E-state index contributed by atoms with van der Waals surface area (Å²) in [6.45, 7) is 4.36. The molecule has 1 aliphatic rings. The van der Waals surface area contributed by atoms with Crippen molar-refractivity contribution < 1.29 is 9.90 Å². The number of anilines is 1. The van der Waals surface area contributed by atoms with E-state index in [2.05, 4.69) is 4.98 Å². The Morgan fingerprint density at radius 3 is 2.76 bits per heavy atom. The minimum absolute atomic E-state index is 0.249. The van der Waals surface area contributed by atoms with Crippen LogP contribution in [-0.4, -0.2) is 22.5 Å². The quantitative estimate of drug-likeness (QED) is 0.939. The van der Waals surface area contributed by atoms with Gasteiger partial charge in [-0.3, -0.25) is 9.78 Å². The summed E-state index contributed by atoms with van der Waals surface area (Å²) in [6.07, 6.45) is 1.97. The van der Waals surface area contributed by atoms with Crippen molar-refractivity contribution in [2.45, 2.75) is 25.9 Å². The van der Waals surface area contributed by atoms with E-state index in [1.54, 1.807) is 11.1 Å². The molecule has 0 saturated carbocycles. The zero-order valence-corrected chi connectivity index (χ0v) is 12.2. The maximum Gasteiger partial charge on any atom is 0.264 e. The molecule has 4 heteroatoms. The van der Waals surface area contributed by atoms with Crippen molar-refractivity contribution in [2.24, 2.45) is 0 Å². The summed E-state index contributed by atoms with van der Waals surface area (Å²) < 4.78 is 0. The predicted octanol–water partition coefficient (Wildman–Crippen LogP) is 2.19.